The molecule has 0 bridgehead atoms. The summed E-state index contributed by atoms with van der Waals surface area (Å²) in [5, 5.41) is 3.06. The molecule has 1 aromatic rings. The molecule has 5 rings (SSSR count). The van der Waals surface area contributed by atoms with E-state index in [2.05, 4.69) is 25.2 Å². The van der Waals surface area contributed by atoms with E-state index in [-0.39, 0.29) is 28.5 Å². The number of hydrogen-bond donors (Lipinski definition) is 1. The number of rotatable bonds is 4. The van der Waals surface area contributed by atoms with Gasteiger partial charge in [-0.1, -0.05) is 32.1 Å². The second-order valence-electron chi connectivity index (χ2n) is 11.5. The van der Waals surface area contributed by atoms with Crippen LogP contribution in [0.5, 0.6) is 0 Å². The number of carbonyl (C=O) groups is 2. The van der Waals surface area contributed by atoms with Crippen LogP contribution in [0.2, 0.25) is 0 Å². The predicted octanol–water partition coefficient (Wildman–Crippen LogP) is 5.09. The molecule has 3 saturated carbocycles. The zero-order chi connectivity index (χ0) is 23.4. The fraction of sp³-hybridized carbons (Fsp3) is 0.643. The largest absolute Gasteiger partial charge is 0.352 e. The van der Waals surface area contributed by atoms with Gasteiger partial charge >= 0.3 is 0 Å². The maximum Gasteiger partial charge on any atom is 0.246 e. The minimum atomic E-state index is -0.254. The van der Waals surface area contributed by atoms with Crippen molar-refractivity contribution in [1.82, 2.24) is 10.2 Å². The van der Waals surface area contributed by atoms with Crippen LogP contribution in [0, 0.1) is 40.3 Å². The van der Waals surface area contributed by atoms with E-state index >= 15 is 0 Å². The third kappa shape index (κ3) is 3.72. The highest BCUT2D eigenvalue weighted by Crippen LogP contribution is 2.65. The zero-order valence-electron chi connectivity index (χ0n) is 20.1. The molecule has 1 N–H and O–H groups in total. The number of amides is 2. The highest BCUT2D eigenvalue weighted by Gasteiger charge is 2.60. The first-order valence-corrected chi connectivity index (χ1v) is 12.7. The van der Waals surface area contributed by atoms with Crippen molar-refractivity contribution >= 4 is 11.8 Å². The molecule has 33 heavy (non-hydrogen) atoms. The molecular weight excluding hydrogens is 415 g/mol. The molecule has 0 aromatic heterocycles. The Morgan fingerprint density at radius 2 is 1.85 bits per heavy atom. The second-order valence-corrected chi connectivity index (χ2v) is 11.5. The number of likely N-dealkylation sites (N-methyl/N-ethyl adjacent to an activating group) is 1. The van der Waals surface area contributed by atoms with E-state index in [1.54, 1.807) is 18.2 Å². The summed E-state index contributed by atoms with van der Waals surface area (Å²) in [6.45, 7) is 5.28. The second kappa shape index (κ2) is 8.25. The Balaban J connectivity index is 1.26. The summed E-state index contributed by atoms with van der Waals surface area (Å²) in [5.74, 6) is 2.39. The van der Waals surface area contributed by atoms with Gasteiger partial charge < -0.3 is 10.2 Å². The van der Waals surface area contributed by atoms with E-state index in [1.165, 1.54) is 37.8 Å². The van der Waals surface area contributed by atoms with Crippen molar-refractivity contribution < 1.29 is 14.0 Å². The Morgan fingerprint density at radius 1 is 1.09 bits per heavy atom. The summed E-state index contributed by atoms with van der Waals surface area (Å²) in [5.41, 5.74) is 1.21. The van der Waals surface area contributed by atoms with Gasteiger partial charge in [0.05, 0.1) is 0 Å². The van der Waals surface area contributed by atoms with Gasteiger partial charge in [-0.3, -0.25) is 9.59 Å². The lowest BCUT2D eigenvalue weighted by atomic mass is 9.47. The number of benzene rings is 1. The summed E-state index contributed by atoms with van der Waals surface area (Å²) in [6, 6.07) is 6.64. The monoisotopic (exact) mass is 452 g/mol. The van der Waals surface area contributed by atoms with Crippen LogP contribution in [-0.2, 0) is 16.1 Å². The molecule has 0 unspecified atom stereocenters. The Morgan fingerprint density at radius 3 is 2.61 bits per heavy atom. The van der Waals surface area contributed by atoms with Crippen molar-refractivity contribution in [3.63, 3.8) is 0 Å². The third-order valence-corrected chi connectivity index (χ3v) is 10.2. The van der Waals surface area contributed by atoms with Gasteiger partial charge in [-0.25, -0.2) is 4.39 Å². The van der Waals surface area contributed by atoms with E-state index < -0.39 is 0 Å². The van der Waals surface area contributed by atoms with Gasteiger partial charge in [-0.05, 0) is 91.4 Å². The Kier molecular flexibility index (Phi) is 5.65. The number of nitrogens with zero attached hydrogens (tertiary/aromatic N) is 1. The molecule has 3 fully saturated rings. The number of nitrogens with one attached hydrogen (secondary N) is 1. The average Bonchev–Trinajstić information content (AvgIpc) is 3.12. The minimum Gasteiger partial charge on any atom is -0.352 e. The number of halogens is 1. The molecule has 2 amide bonds. The summed E-state index contributed by atoms with van der Waals surface area (Å²) >= 11 is 0. The summed E-state index contributed by atoms with van der Waals surface area (Å²) in [4.78, 5) is 27.1. The van der Waals surface area contributed by atoms with E-state index in [1.807, 2.05) is 11.9 Å². The summed E-state index contributed by atoms with van der Waals surface area (Å²) in [6.07, 6.45) is 11.6. The van der Waals surface area contributed by atoms with Gasteiger partial charge in [0.2, 0.25) is 11.8 Å². The van der Waals surface area contributed by atoms with E-state index in [4.69, 9.17) is 0 Å². The zero-order valence-corrected chi connectivity index (χ0v) is 20.1. The van der Waals surface area contributed by atoms with Crippen LogP contribution >= 0.6 is 0 Å². The van der Waals surface area contributed by atoms with E-state index in [9.17, 15) is 14.0 Å². The molecule has 7 atom stereocenters. The topological polar surface area (TPSA) is 49.4 Å². The highest BCUT2D eigenvalue weighted by atomic mass is 19.1. The smallest absolute Gasteiger partial charge is 0.246 e. The molecule has 5 heteroatoms. The molecule has 178 valence electrons. The summed E-state index contributed by atoms with van der Waals surface area (Å²) in [7, 11) is 1.97. The minimum absolute atomic E-state index is 0.0670. The van der Waals surface area contributed by atoms with Gasteiger partial charge in [-0.2, -0.15) is 0 Å². The fourth-order valence-electron chi connectivity index (χ4n) is 8.28. The number of carbonyl (C=O) groups excluding carboxylic acids is 2. The normalized spacial score (nSPS) is 39.6. The molecule has 1 aromatic carbocycles. The molecule has 4 aliphatic rings. The van der Waals surface area contributed by atoms with Crippen LogP contribution in [0.3, 0.4) is 0 Å². The first-order chi connectivity index (χ1) is 15.7. The van der Waals surface area contributed by atoms with Crippen LogP contribution in [0.25, 0.3) is 0 Å². The number of hydrogen-bond acceptors (Lipinski definition) is 2. The quantitative estimate of drug-likeness (QED) is 0.692. The van der Waals surface area contributed by atoms with Crippen molar-refractivity contribution in [3.8, 4) is 0 Å². The fourth-order valence-corrected chi connectivity index (χ4v) is 8.28. The molecule has 0 spiro atoms. The van der Waals surface area contributed by atoms with E-state index in [0.29, 0.717) is 42.7 Å². The van der Waals surface area contributed by atoms with E-state index in [0.717, 1.165) is 18.4 Å². The van der Waals surface area contributed by atoms with Crippen LogP contribution in [-0.4, -0.2) is 29.8 Å². The maximum atomic E-state index is 13.1. The van der Waals surface area contributed by atoms with Gasteiger partial charge in [0.1, 0.15) is 5.82 Å². The maximum absolute atomic E-state index is 13.1. The Bertz CT molecular complexity index is 959. The Hall–Kier alpha value is -2.17. The van der Waals surface area contributed by atoms with Gasteiger partial charge in [-0.15, -0.1) is 0 Å². The first kappa shape index (κ1) is 22.6. The highest BCUT2D eigenvalue weighted by molar-refractivity contribution is 5.89. The summed E-state index contributed by atoms with van der Waals surface area (Å²) < 4.78 is 13.1. The van der Waals surface area contributed by atoms with Crippen LogP contribution in [0.15, 0.2) is 36.4 Å². The number of fused-ring (bicyclic) bond motifs is 5. The lowest BCUT2D eigenvalue weighted by Gasteiger charge is -2.60. The molecule has 1 aliphatic heterocycles. The van der Waals surface area contributed by atoms with Crippen molar-refractivity contribution in [2.45, 2.75) is 71.4 Å². The van der Waals surface area contributed by atoms with Crippen LogP contribution in [0.4, 0.5) is 4.39 Å². The van der Waals surface area contributed by atoms with Gasteiger partial charge in [0.25, 0.3) is 0 Å². The van der Waals surface area contributed by atoms with Crippen LogP contribution in [0.1, 0.15) is 64.4 Å². The molecule has 3 aliphatic carbocycles. The molecular formula is C28H37FN2O2. The molecule has 4 nitrogen and oxygen atoms in total. The third-order valence-electron chi connectivity index (χ3n) is 10.2. The van der Waals surface area contributed by atoms with Crippen molar-refractivity contribution in [1.29, 1.82) is 0 Å². The molecule has 0 saturated heterocycles. The molecule has 0 radical (unpaired) electrons. The van der Waals surface area contributed by atoms with Gasteiger partial charge in [0, 0.05) is 31.5 Å². The molecule has 1 heterocycles. The van der Waals surface area contributed by atoms with Crippen molar-refractivity contribution in [2.75, 3.05) is 7.05 Å². The van der Waals surface area contributed by atoms with Crippen LogP contribution < -0.4 is 5.32 Å². The standard InChI is InChI=1S/C28H37FN2O2/c1-27-14-12-23-21(9-11-24-28(23,2)15-13-26(33)31(24)3)22(27)10-6-19(27)16-25(32)30-17-18-4-7-20(29)8-5-18/h4-5,7-8,13,15,19,21-24H,6,9-12,14,16-17H2,1-3H3,(H,30,32)/t19-,21+,22+,23+,24-,27-,28-/m1/s1. The first-order valence-electron chi connectivity index (χ1n) is 12.7. The average molecular weight is 453 g/mol. The van der Waals surface area contributed by atoms with Crippen molar-refractivity contribution in [2.24, 2.45) is 34.5 Å². The van der Waals surface area contributed by atoms with Crippen molar-refractivity contribution in [3.05, 3.63) is 47.8 Å². The van der Waals surface area contributed by atoms with Gasteiger partial charge in [0.15, 0.2) is 0 Å². The SMILES string of the molecule is CN1C(=O)C=C[C@]2(C)[C@H]3CC[C@]4(C)[C@@H](CC(=O)NCc5ccc(F)cc5)CC[C@H]4[C@@H]3CC[C@@H]12. The lowest BCUT2D eigenvalue weighted by Crippen LogP contribution is -2.59. The lowest BCUT2D eigenvalue weighted by molar-refractivity contribution is -0.139. The Labute approximate surface area is 197 Å². The predicted molar refractivity (Wildman–Crippen MR) is 126 cm³/mol.